The highest BCUT2D eigenvalue weighted by molar-refractivity contribution is 6.10. The van der Waals surface area contributed by atoms with Crippen molar-refractivity contribution in [2.45, 2.75) is 25.7 Å². The quantitative estimate of drug-likeness (QED) is 0.239. The van der Waals surface area contributed by atoms with Crippen LogP contribution >= 0.6 is 0 Å². The fourth-order valence-electron chi connectivity index (χ4n) is 6.88. The van der Waals surface area contributed by atoms with Crippen LogP contribution < -0.4 is 15.5 Å². The number of amides is 3. The number of hydrogen-bond acceptors (Lipinski definition) is 5. The minimum Gasteiger partial charge on any atom is -0.354 e. The largest absolute Gasteiger partial charge is 0.354 e. The molecular formula is C39H40N4O4. The second kappa shape index (κ2) is 13.7. The molecule has 4 aromatic carbocycles. The minimum atomic E-state index is -0.682. The van der Waals surface area contributed by atoms with E-state index in [0.29, 0.717) is 62.1 Å². The smallest absolute Gasteiger partial charge is 0.258 e. The lowest BCUT2D eigenvalue weighted by atomic mass is 9.76. The zero-order valence-corrected chi connectivity index (χ0v) is 26.9. The number of likely N-dealkylation sites (N-methyl/N-ethyl adjacent to an activating group) is 1. The van der Waals surface area contributed by atoms with Gasteiger partial charge in [0.05, 0.1) is 5.92 Å². The highest BCUT2D eigenvalue weighted by atomic mass is 16.2. The van der Waals surface area contributed by atoms with Crippen molar-refractivity contribution in [1.82, 2.24) is 10.2 Å². The first-order chi connectivity index (χ1) is 22.8. The van der Waals surface area contributed by atoms with Crippen molar-refractivity contribution in [3.63, 3.8) is 0 Å². The highest BCUT2D eigenvalue weighted by Gasteiger charge is 2.51. The Hall–Kier alpha value is -5.08. The van der Waals surface area contributed by atoms with Crippen molar-refractivity contribution in [2.24, 2.45) is 11.3 Å². The monoisotopic (exact) mass is 628 g/mol. The molecule has 1 fully saturated rings. The molecule has 0 aromatic heterocycles. The van der Waals surface area contributed by atoms with Crippen LogP contribution in [-0.2, 0) is 16.0 Å². The van der Waals surface area contributed by atoms with Crippen LogP contribution in [0.3, 0.4) is 0 Å². The van der Waals surface area contributed by atoms with E-state index in [0.717, 1.165) is 22.4 Å². The summed E-state index contributed by atoms with van der Waals surface area (Å²) in [5.74, 6) is -1.28. The molecule has 8 heteroatoms. The predicted molar refractivity (Wildman–Crippen MR) is 184 cm³/mol. The molecule has 1 aliphatic heterocycles. The van der Waals surface area contributed by atoms with E-state index in [9.17, 15) is 19.2 Å². The van der Waals surface area contributed by atoms with Crippen LogP contribution in [0, 0.1) is 11.3 Å². The molecule has 240 valence electrons. The van der Waals surface area contributed by atoms with Gasteiger partial charge < -0.3 is 20.4 Å². The van der Waals surface area contributed by atoms with Gasteiger partial charge in [-0.3, -0.25) is 19.2 Å². The summed E-state index contributed by atoms with van der Waals surface area (Å²) in [6.07, 6.45) is 2.13. The van der Waals surface area contributed by atoms with E-state index >= 15 is 0 Å². The zero-order valence-electron chi connectivity index (χ0n) is 26.9. The average molecular weight is 629 g/mol. The molecule has 1 heterocycles. The standard InChI is InChI=1S/C39H40N4O4/c1-42(2)25-23-40-36(45)33-20-21-39(35(33)44)22-24-43(34-15-9-6-12-29(34)26-39)38(47)28-16-18-30(19-17-28)41-37(46)32-14-8-7-13-31(32)27-10-4-3-5-11-27/h3-19,33H,20-26H2,1-2H3,(H,40,45)(H,41,46). The fourth-order valence-corrected chi connectivity index (χ4v) is 6.88. The van der Waals surface area contributed by atoms with Crippen LogP contribution in [0.15, 0.2) is 103 Å². The van der Waals surface area contributed by atoms with Gasteiger partial charge in [-0.1, -0.05) is 66.7 Å². The lowest BCUT2D eigenvalue weighted by Crippen LogP contribution is -2.41. The molecular weight excluding hydrogens is 588 g/mol. The van der Waals surface area contributed by atoms with Gasteiger partial charge in [0.25, 0.3) is 11.8 Å². The molecule has 0 radical (unpaired) electrons. The van der Waals surface area contributed by atoms with Crippen LogP contribution in [0.4, 0.5) is 11.4 Å². The number of para-hydroxylation sites is 1. The number of nitrogens with zero attached hydrogens (tertiary/aromatic N) is 2. The van der Waals surface area contributed by atoms with E-state index in [4.69, 9.17) is 0 Å². The first kappa shape index (κ1) is 31.9. The van der Waals surface area contributed by atoms with Gasteiger partial charge in [0, 0.05) is 47.6 Å². The third kappa shape index (κ3) is 6.74. The summed E-state index contributed by atoms with van der Waals surface area (Å²) in [5.41, 5.74) is 4.45. The zero-order chi connectivity index (χ0) is 33.0. The van der Waals surface area contributed by atoms with Crippen LogP contribution in [-0.4, -0.2) is 62.1 Å². The third-order valence-corrected chi connectivity index (χ3v) is 9.44. The second-order valence-corrected chi connectivity index (χ2v) is 12.8. The molecule has 47 heavy (non-hydrogen) atoms. The first-order valence-electron chi connectivity index (χ1n) is 16.2. The number of carbonyl (C=O) groups excluding carboxylic acids is 4. The summed E-state index contributed by atoms with van der Waals surface area (Å²) in [5, 5.41) is 5.91. The Morgan fingerprint density at radius 1 is 0.851 bits per heavy atom. The number of Topliss-reactive ketones (excluding diaryl/α,β-unsaturated/α-hetero) is 1. The van der Waals surface area contributed by atoms with Gasteiger partial charge in [0.2, 0.25) is 5.91 Å². The van der Waals surface area contributed by atoms with Crippen LogP contribution in [0.5, 0.6) is 0 Å². The lowest BCUT2D eigenvalue weighted by Gasteiger charge is -2.27. The molecule has 1 aliphatic carbocycles. The first-order valence-corrected chi connectivity index (χ1v) is 16.2. The maximum absolute atomic E-state index is 14.0. The van der Waals surface area contributed by atoms with Crippen LogP contribution in [0.2, 0.25) is 0 Å². The van der Waals surface area contributed by atoms with Gasteiger partial charge in [-0.25, -0.2) is 0 Å². The van der Waals surface area contributed by atoms with E-state index < -0.39 is 11.3 Å². The number of rotatable bonds is 8. The molecule has 6 rings (SSSR count). The van der Waals surface area contributed by atoms with Crippen molar-refractivity contribution < 1.29 is 19.2 Å². The topological polar surface area (TPSA) is 98.8 Å². The highest BCUT2D eigenvalue weighted by Crippen LogP contribution is 2.47. The maximum atomic E-state index is 14.0. The number of anilines is 2. The van der Waals surface area contributed by atoms with Crippen LogP contribution in [0.25, 0.3) is 11.1 Å². The molecule has 2 unspecified atom stereocenters. The van der Waals surface area contributed by atoms with E-state index in [1.54, 1.807) is 35.2 Å². The third-order valence-electron chi connectivity index (χ3n) is 9.44. The molecule has 1 saturated carbocycles. The Morgan fingerprint density at radius 3 is 2.32 bits per heavy atom. The normalized spacial score (nSPS) is 18.9. The van der Waals surface area contributed by atoms with Gasteiger partial charge >= 0.3 is 0 Å². The van der Waals surface area contributed by atoms with Gasteiger partial charge in [0.1, 0.15) is 0 Å². The number of carbonyl (C=O) groups is 4. The van der Waals surface area contributed by atoms with E-state index in [2.05, 4.69) is 10.6 Å². The summed E-state index contributed by atoms with van der Waals surface area (Å²) in [6, 6.07) is 31.9. The molecule has 2 atom stereocenters. The summed E-state index contributed by atoms with van der Waals surface area (Å²) in [7, 11) is 3.88. The number of benzene rings is 4. The fraction of sp³-hybridized carbons (Fsp3) is 0.282. The number of nitrogens with one attached hydrogen (secondary N) is 2. The Morgan fingerprint density at radius 2 is 1.55 bits per heavy atom. The van der Waals surface area contributed by atoms with Gasteiger partial charge in [-0.05, 0) is 92.9 Å². The molecule has 4 aromatic rings. The molecule has 8 nitrogen and oxygen atoms in total. The summed E-state index contributed by atoms with van der Waals surface area (Å²) in [4.78, 5) is 57.9. The van der Waals surface area contributed by atoms with Crippen molar-refractivity contribution in [1.29, 1.82) is 0 Å². The van der Waals surface area contributed by atoms with Gasteiger partial charge in [-0.2, -0.15) is 0 Å². The number of fused-ring (bicyclic) bond motifs is 1. The summed E-state index contributed by atoms with van der Waals surface area (Å²) in [6.45, 7) is 1.57. The molecule has 3 amide bonds. The Balaban J connectivity index is 1.17. The number of ketones is 1. The van der Waals surface area contributed by atoms with E-state index in [1.807, 2.05) is 91.8 Å². The maximum Gasteiger partial charge on any atom is 0.258 e. The van der Waals surface area contributed by atoms with E-state index in [-0.39, 0.29) is 23.5 Å². The molecule has 2 N–H and O–H groups in total. The van der Waals surface area contributed by atoms with Crippen molar-refractivity contribution in [2.75, 3.05) is 43.9 Å². The summed E-state index contributed by atoms with van der Waals surface area (Å²) < 4.78 is 0. The predicted octanol–water partition coefficient (Wildman–Crippen LogP) is 5.84. The molecule has 1 spiro atoms. The number of hydrogen-bond donors (Lipinski definition) is 2. The van der Waals surface area contributed by atoms with Gasteiger partial charge in [-0.15, -0.1) is 0 Å². The van der Waals surface area contributed by atoms with Gasteiger partial charge in [0.15, 0.2) is 5.78 Å². The molecule has 2 aliphatic rings. The Labute approximate surface area is 275 Å². The minimum absolute atomic E-state index is 0.0158. The van der Waals surface area contributed by atoms with Crippen molar-refractivity contribution >= 4 is 34.9 Å². The summed E-state index contributed by atoms with van der Waals surface area (Å²) >= 11 is 0. The molecule has 0 saturated heterocycles. The second-order valence-electron chi connectivity index (χ2n) is 12.8. The van der Waals surface area contributed by atoms with Crippen LogP contribution in [0.1, 0.15) is 45.5 Å². The lowest BCUT2D eigenvalue weighted by molar-refractivity contribution is -0.136. The molecule has 0 bridgehead atoms. The average Bonchev–Trinajstić information content (AvgIpc) is 3.30. The Bertz CT molecular complexity index is 1790. The Kier molecular flexibility index (Phi) is 9.31. The van der Waals surface area contributed by atoms with Crippen molar-refractivity contribution in [3.8, 4) is 11.1 Å². The van der Waals surface area contributed by atoms with Crippen molar-refractivity contribution in [3.05, 3.63) is 120 Å². The SMILES string of the molecule is CN(C)CCNC(=O)C1CCC2(CCN(C(=O)c3ccc(NC(=O)c4ccccc4-c4ccccc4)cc3)c3ccccc3C2)C1=O. The van der Waals surface area contributed by atoms with E-state index in [1.165, 1.54) is 0 Å².